The summed E-state index contributed by atoms with van der Waals surface area (Å²) in [4.78, 5) is 26.5. The number of nitrogens with zero attached hydrogens (tertiary/aromatic N) is 2. The van der Waals surface area contributed by atoms with E-state index < -0.39 is 10.5 Å². The summed E-state index contributed by atoms with van der Waals surface area (Å²) in [5.74, 6) is 0.208. The molecular formula is C15H10N2O4. The number of nitro benzene ring substituents is 1. The Labute approximate surface area is 118 Å². The number of aryl methyl sites for hydroxylation is 1. The van der Waals surface area contributed by atoms with Gasteiger partial charge in [0.15, 0.2) is 0 Å². The Morgan fingerprint density at radius 1 is 1.19 bits per heavy atom. The second-order valence-corrected chi connectivity index (χ2v) is 4.58. The Morgan fingerprint density at radius 3 is 2.67 bits per heavy atom. The second-order valence-electron chi connectivity index (χ2n) is 4.58. The van der Waals surface area contributed by atoms with Crippen LogP contribution in [0.15, 0.2) is 51.7 Å². The summed E-state index contributed by atoms with van der Waals surface area (Å²) >= 11 is 0. The molecule has 0 atom stereocenters. The lowest BCUT2D eigenvalue weighted by Gasteiger charge is -2.04. The molecule has 104 valence electrons. The van der Waals surface area contributed by atoms with Crippen LogP contribution in [0.5, 0.6) is 0 Å². The first-order chi connectivity index (χ1) is 10.1. The fourth-order valence-corrected chi connectivity index (χ4v) is 2.10. The van der Waals surface area contributed by atoms with E-state index in [9.17, 15) is 14.9 Å². The summed E-state index contributed by atoms with van der Waals surface area (Å²) < 4.78 is 5.20. The summed E-state index contributed by atoms with van der Waals surface area (Å²) in [6.07, 6.45) is 0. The zero-order chi connectivity index (χ0) is 15.0. The minimum absolute atomic E-state index is 0.0986. The minimum atomic E-state index is -0.637. The van der Waals surface area contributed by atoms with Crippen molar-refractivity contribution >= 4 is 16.6 Å². The van der Waals surface area contributed by atoms with Crippen molar-refractivity contribution in [3.05, 3.63) is 68.6 Å². The lowest BCUT2D eigenvalue weighted by molar-refractivity contribution is -0.384. The fourth-order valence-electron chi connectivity index (χ4n) is 2.10. The predicted molar refractivity (Wildman–Crippen MR) is 77.1 cm³/mol. The van der Waals surface area contributed by atoms with Crippen molar-refractivity contribution in [2.45, 2.75) is 6.92 Å². The number of benzene rings is 2. The van der Waals surface area contributed by atoms with Gasteiger partial charge in [0.2, 0.25) is 5.89 Å². The molecule has 0 spiro atoms. The zero-order valence-electron chi connectivity index (χ0n) is 11.1. The molecule has 6 nitrogen and oxygen atoms in total. The third-order valence-electron chi connectivity index (χ3n) is 3.20. The van der Waals surface area contributed by atoms with Crippen LogP contribution in [0.4, 0.5) is 5.69 Å². The van der Waals surface area contributed by atoms with Crippen LogP contribution in [0.25, 0.3) is 22.4 Å². The van der Waals surface area contributed by atoms with Crippen molar-refractivity contribution in [2.24, 2.45) is 0 Å². The summed E-state index contributed by atoms with van der Waals surface area (Å²) in [5, 5.41) is 10.8. The van der Waals surface area contributed by atoms with Gasteiger partial charge in [-0.15, -0.1) is 0 Å². The highest BCUT2D eigenvalue weighted by atomic mass is 16.6. The number of hydrogen-bond acceptors (Lipinski definition) is 5. The van der Waals surface area contributed by atoms with Crippen LogP contribution >= 0.6 is 0 Å². The molecule has 0 radical (unpaired) electrons. The molecule has 0 saturated carbocycles. The molecule has 1 aromatic heterocycles. The topological polar surface area (TPSA) is 86.2 Å². The van der Waals surface area contributed by atoms with Gasteiger partial charge in [0, 0.05) is 17.7 Å². The van der Waals surface area contributed by atoms with Crippen LogP contribution < -0.4 is 5.63 Å². The minimum Gasteiger partial charge on any atom is -0.403 e. The van der Waals surface area contributed by atoms with Gasteiger partial charge in [0.1, 0.15) is 0 Å². The molecule has 0 fully saturated rings. The average Bonchev–Trinajstić information content (AvgIpc) is 2.47. The van der Waals surface area contributed by atoms with Crippen molar-refractivity contribution in [2.75, 3.05) is 0 Å². The molecule has 0 bridgehead atoms. The maximum Gasteiger partial charge on any atom is 0.347 e. The van der Waals surface area contributed by atoms with Crippen molar-refractivity contribution in [1.82, 2.24) is 4.98 Å². The Morgan fingerprint density at radius 2 is 1.95 bits per heavy atom. The molecule has 21 heavy (non-hydrogen) atoms. The van der Waals surface area contributed by atoms with E-state index in [4.69, 9.17) is 4.42 Å². The van der Waals surface area contributed by atoms with E-state index in [1.165, 1.54) is 18.2 Å². The SMILES string of the molecule is Cc1ccccc1-c1nc2ccc([N+](=O)[O-])cc2c(=O)o1. The predicted octanol–water partition coefficient (Wildman–Crippen LogP) is 3.07. The highest BCUT2D eigenvalue weighted by molar-refractivity contribution is 5.81. The number of rotatable bonds is 2. The molecule has 0 unspecified atom stereocenters. The molecule has 0 aliphatic carbocycles. The summed E-state index contributed by atoms with van der Waals surface area (Å²) in [6, 6.07) is 11.3. The molecule has 3 aromatic rings. The van der Waals surface area contributed by atoms with E-state index in [0.29, 0.717) is 5.52 Å². The first-order valence-electron chi connectivity index (χ1n) is 6.21. The standard InChI is InChI=1S/C15H10N2O4/c1-9-4-2-3-5-11(9)14-16-13-7-6-10(17(19)20)8-12(13)15(18)21-14/h2-8H,1H3. The number of nitro groups is 1. The van der Waals surface area contributed by atoms with Crippen LogP contribution in [0.1, 0.15) is 5.56 Å². The van der Waals surface area contributed by atoms with Gasteiger partial charge in [0.05, 0.1) is 15.8 Å². The first kappa shape index (κ1) is 13.0. The molecular weight excluding hydrogens is 272 g/mol. The third kappa shape index (κ3) is 2.27. The van der Waals surface area contributed by atoms with E-state index in [1.807, 2.05) is 25.1 Å². The van der Waals surface area contributed by atoms with Crippen molar-refractivity contribution < 1.29 is 9.34 Å². The van der Waals surface area contributed by atoms with E-state index in [0.717, 1.165) is 11.1 Å². The fraction of sp³-hybridized carbons (Fsp3) is 0.0667. The molecule has 6 heteroatoms. The Kier molecular flexibility index (Phi) is 2.98. The molecule has 0 N–H and O–H groups in total. The summed E-state index contributed by atoms with van der Waals surface area (Å²) in [7, 11) is 0. The maximum absolute atomic E-state index is 12.0. The van der Waals surface area contributed by atoms with E-state index in [1.54, 1.807) is 6.07 Å². The largest absolute Gasteiger partial charge is 0.403 e. The molecule has 0 amide bonds. The molecule has 1 heterocycles. The van der Waals surface area contributed by atoms with Gasteiger partial charge in [-0.3, -0.25) is 10.1 Å². The van der Waals surface area contributed by atoms with Crippen LogP contribution in [0.2, 0.25) is 0 Å². The Balaban J connectivity index is 2.26. The van der Waals surface area contributed by atoms with Gasteiger partial charge in [-0.1, -0.05) is 18.2 Å². The van der Waals surface area contributed by atoms with Crippen molar-refractivity contribution in [3.63, 3.8) is 0 Å². The van der Waals surface area contributed by atoms with Crippen LogP contribution in [-0.4, -0.2) is 9.91 Å². The third-order valence-corrected chi connectivity index (χ3v) is 3.20. The number of hydrogen-bond donors (Lipinski definition) is 0. The van der Waals surface area contributed by atoms with Gasteiger partial charge < -0.3 is 4.42 Å². The van der Waals surface area contributed by atoms with E-state index in [-0.39, 0.29) is 17.0 Å². The Hall–Kier alpha value is -3.02. The first-order valence-corrected chi connectivity index (χ1v) is 6.21. The zero-order valence-corrected chi connectivity index (χ0v) is 11.1. The maximum atomic E-state index is 12.0. The van der Waals surface area contributed by atoms with Gasteiger partial charge in [-0.05, 0) is 24.6 Å². The second kappa shape index (κ2) is 4.82. The van der Waals surface area contributed by atoms with Crippen molar-refractivity contribution in [3.8, 4) is 11.5 Å². The quantitative estimate of drug-likeness (QED) is 0.532. The van der Waals surface area contributed by atoms with Crippen LogP contribution in [0, 0.1) is 17.0 Å². The van der Waals surface area contributed by atoms with Gasteiger partial charge in [0.25, 0.3) is 5.69 Å². The van der Waals surface area contributed by atoms with E-state index in [2.05, 4.69) is 4.98 Å². The molecule has 2 aromatic carbocycles. The highest BCUT2D eigenvalue weighted by Gasteiger charge is 2.13. The number of non-ortho nitro benzene ring substituents is 1. The molecule has 0 aliphatic heterocycles. The Bertz CT molecular complexity index is 915. The number of aromatic nitrogens is 1. The monoisotopic (exact) mass is 282 g/mol. The van der Waals surface area contributed by atoms with Crippen molar-refractivity contribution in [1.29, 1.82) is 0 Å². The van der Waals surface area contributed by atoms with Gasteiger partial charge >= 0.3 is 5.63 Å². The molecule has 3 rings (SSSR count). The van der Waals surface area contributed by atoms with Crippen LogP contribution in [0.3, 0.4) is 0 Å². The summed E-state index contributed by atoms with van der Waals surface area (Å²) in [6.45, 7) is 1.89. The van der Waals surface area contributed by atoms with E-state index >= 15 is 0 Å². The normalized spacial score (nSPS) is 10.7. The number of fused-ring (bicyclic) bond motifs is 1. The molecule has 0 aliphatic rings. The van der Waals surface area contributed by atoms with Crippen LogP contribution in [-0.2, 0) is 0 Å². The lowest BCUT2D eigenvalue weighted by atomic mass is 10.1. The molecule has 0 saturated heterocycles. The summed E-state index contributed by atoms with van der Waals surface area (Å²) in [5.41, 5.74) is 1.21. The highest BCUT2D eigenvalue weighted by Crippen LogP contribution is 2.23. The lowest BCUT2D eigenvalue weighted by Crippen LogP contribution is -2.04. The smallest absolute Gasteiger partial charge is 0.347 e. The average molecular weight is 282 g/mol. The van der Waals surface area contributed by atoms with Gasteiger partial charge in [-0.2, -0.15) is 0 Å². The van der Waals surface area contributed by atoms with Gasteiger partial charge in [-0.25, -0.2) is 9.78 Å².